The van der Waals surface area contributed by atoms with Gasteiger partial charge in [-0.25, -0.2) is 0 Å². The van der Waals surface area contributed by atoms with Crippen molar-refractivity contribution in [3.05, 3.63) is 56.7 Å². The van der Waals surface area contributed by atoms with Gasteiger partial charge >= 0.3 is 0 Å². The lowest BCUT2D eigenvalue weighted by molar-refractivity contribution is -0.113. The fourth-order valence-corrected chi connectivity index (χ4v) is 6.11. The zero-order chi connectivity index (χ0) is 22.0. The van der Waals surface area contributed by atoms with Gasteiger partial charge in [-0.1, -0.05) is 48.0 Å². The van der Waals surface area contributed by atoms with Crippen molar-refractivity contribution in [3.63, 3.8) is 0 Å². The van der Waals surface area contributed by atoms with Crippen LogP contribution in [0.1, 0.15) is 23.8 Å². The highest BCUT2D eigenvalue weighted by Crippen LogP contribution is 2.38. The Kier molecular flexibility index (Phi) is 7.06. The van der Waals surface area contributed by atoms with Crippen molar-refractivity contribution >= 4 is 57.9 Å². The molecule has 4 rings (SSSR count). The Morgan fingerprint density at radius 1 is 1.42 bits per heavy atom. The summed E-state index contributed by atoms with van der Waals surface area (Å²) in [6, 6.07) is 4.97. The fraction of sp³-hybridized carbons (Fsp3) is 0.318. The number of halogens is 2. The standard InChI is InChI=1S/C22H22Cl2N4OS2/c1-3-8-28-21(16-11-30-19-9-13(2)4-6-15(16)19)26-27-22(28)31-12-20(29)25-18-7-5-14(23)10-17(18)24/h3,5,7,10-11,13H,1,4,6,8-9,12H2,2H3,(H,25,29). The summed E-state index contributed by atoms with van der Waals surface area (Å²) in [4.78, 5) is 13.9. The fourth-order valence-electron chi connectivity index (χ4n) is 3.66. The number of anilines is 1. The third-order valence-corrected chi connectivity index (χ3v) is 7.77. The summed E-state index contributed by atoms with van der Waals surface area (Å²) >= 11 is 15.2. The molecule has 9 heteroatoms. The lowest BCUT2D eigenvalue weighted by Crippen LogP contribution is -2.15. The molecule has 0 saturated carbocycles. The van der Waals surface area contributed by atoms with E-state index in [1.807, 2.05) is 22.0 Å². The monoisotopic (exact) mass is 492 g/mol. The van der Waals surface area contributed by atoms with Crippen molar-refractivity contribution in [2.24, 2.45) is 5.92 Å². The quantitative estimate of drug-likeness (QED) is 0.308. The Labute approximate surface area is 199 Å². The predicted octanol–water partition coefficient (Wildman–Crippen LogP) is 6.36. The maximum absolute atomic E-state index is 12.5. The Morgan fingerprint density at radius 3 is 3.03 bits per heavy atom. The first-order chi connectivity index (χ1) is 15.0. The molecule has 2 heterocycles. The van der Waals surface area contributed by atoms with Crippen LogP contribution in [-0.4, -0.2) is 26.4 Å². The Hall–Kier alpha value is -1.80. The van der Waals surface area contributed by atoms with Gasteiger partial charge in [0.2, 0.25) is 5.91 Å². The second-order valence-electron chi connectivity index (χ2n) is 7.57. The molecule has 162 valence electrons. The minimum Gasteiger partial charge on any atom is -0.324 e. The number of rotatable bonds is 7. The first-order valence-electron chi connectivity index (χ1n) is 9.97. The molecule has 1 unspecified atom stereocenters. The first kappa shape index (κ1) is 22.4. The van der Waals surface area contributed by atoms with Crippen LogP contribution in [0, 0.1) is 5.92 Å². The van der Waals surface area contributed by atoms with Gasteiger partial charge < -0.3 is 5.32 Å². The Balaban J connectivity index is 1.50. The molecule has 1 amide bonds. The molecule has 0 radical (unpaired) electrons. The average Bonchev–Trinajstić information content (AvgIpc) is 3.32. The van der Waals surface area contributed by atoms with Crippen molar-refractivity contribution in [1.82, 2.24) is 14.8 Å². The molecule has 1 aromatic carbocycles. The van der Waals surface area contributed by atoms with E-state index >= 15 is 0 Å². The molecule has 3 aromatic rings. The molecular weight excluding hydrogens is 471 g/mol. The van der Waals surface area contributed by atoms with E-state index in [2.05, 4.69) is 34.4 Å². The highest BCUT2D eigenvalue weighted by molar-refractivity contribution is 7.99. The normalized spacial score (nSPS) is 15.5. The smallest absolute Gasteiger partial charge is 0.234 e. The highest BCUT2D eigenvalue weighted by atomic mass is 35.5. The van der Waals surface area contributed by atoms with Gasteiger partial charge in [0.25, 0.3) is 0 Å². The molecule has 0 spiro atoms. The third kappa shape index (κ3) is 5.00. The van der Waals surface area contributed by atoms with E-state index < -0.39 is 0 Å². The number of carbonyl (C=O) groups excluding carboxylic acids is 1. The van der Waals surface area contributed by atoms with Gasteiger partial charge in [0, 0.05) is 27.4 Å². The van der Waals surface area contributed by atoms with Crippen molar-refractivity contribution in [3.8, 4) is 11.4 Å². The number of allylic oxidation sites excluding steroid dienone is 1. The molecular formula is C22H22Cl2N4OS2. The summed E-state index contributed by atoms with van der Waals surface area (Å²) in [6.45, 7) is 6.76. The van der Waals surface area contributed by atoms with Crippen molar-refractivity contribution < 1.29 is 4.79 Å². The van der Waals surface area contributed by atoms with Crippen LogP contribution in [0.3, 0.4) is 0 Å². The number of thiophene rings is 1. The predicted molar refractivity (Wildman–Crippen MR) is 131 cm³/mol. The van der Waals surface area contributed by atoms with Gasteiger partial charge in [-0.3, -0.25) is 9.36 Å². The molecule has 2 aromatic heterocycles. The van der Waals surface area contributed by atoms with E-state index in [0.29, 0.717) is 27.4 Å². The topological polar surface area (TPSA) is 59.8 Å². The largest absolute Gasteiger partial charge is 0.324 e. The van der Waals surface area contributed by atoms with Gasteiger partial charge in [-0.2, -0.15) is 0 Å². The summed E-state index contributed by atoms with van der Waals surface area (Å²) in [5.41, 5.74) is 3.09. The minimum atomic E-state index is -0.175. The number of fused-ring (bicyclic) bond motifs is 1. The van der Waals surface area contributed by atoms with Gasteiger partial charge in [-0.15, -0.1) is 28.1 Å². The van der Waals surface area contributed by atoms with E-state index in [9.17, 15) is 4.79 Å². The zero-order valence-electron chi connectivity index (χ0n) is 17.0. The number of hydrogen-bond donors (Lipinski definition) is 1. The lowest BCUT2D eigenvalue weighted by Gasteiger charge is -2.19. The number of benzene rings is 1. The molecule has 1 aliphatic carbocycles. The van der Waals surface area contributed by atoms with Crippen molar-refractivity contribution in [1.29, 1.82) is 0 Å². The number of carbonyl (C=O) groups is 1. The van der Waals surface area contributed by atoms with E-state index in [1.165, 1.54) is 28.6 Å². The molecule has 5 nitrogen and oxygen atoms in total. The van der Waals surface area contributed by atoms with Gasteiger partial charge in [0.1, 0.15) is 0 Å². The van der Waals surface area contributed by atoms with E-state index in [1.54, 1.807) is 18.2 Å². The zero-order valence-corrected chi connectivity index (χ0v) is 20.2. The van der Waals surface area contributed by atoms with Gasteiger partial charge in [-0.05, 0) is 48.9 Å². The van der Waals surface area contributed by atoms with E-state index in [4.69, 9.17) is 23.2 Å². The molecule has 1 aliphatic rings. The molecule has 1 atom stereocenters. The maximum atomic E-state index is 12.5. The van der Waals surface area contributed by atoms with Crippen LogP contribution in [0.4, 0.5) is 5.69 Å². The van der Waals surface area contributed by atoms with Crippen LogP contribution >= 0.6 is 46.3 Å². The second-order valence-corrected chi connectivity index (χ2v) is 10.3. The third-order valence-electron chi connectivity index (χ3n) is 5.21. The molecule has 1 N–H and O–H groups in total. The lowest BCUT2D eigenvalue weighted by atomic mass is 9.88. The van der Waals surface area contributed by atoms with Crippen molar-refractivity contribution in [2.75, 3.05) is 11.1 Å². The number of thioether (sulfide) groups is 1. The summed E-state index contributed by atoms with van der Waals surface area (Å²) in [5, 5.41) is 15.5. The first-order valence-corrected chi connectivity index (χ1v) is 12.6. The highest BCUT2D eigenvalue weighted by Gasteiger charge is 2.24. The minimum absolute atomic E-state index is 0.175. The SMILES string of the molecule is C=CCn1c(SCC(=O)Nc2ccc(Cl)cc2Cl)nnc1-c1csc2c1CCC(C)C2. The van der Waals surface area contributed by atoms with Crippen LogP contribution in [0.15, 0.2) is 41.4 Å². The van der Waals surface area contributed by atoms with E-state index in [0.717, 1.165) is 30.1 Å². The average molecular weight is 493 g/mol. The van der Waals surface area contributed by atoms with E-state index in [-0.39, 0.29) is 11.7 Å². The van der Waals surface area contributed by atoms with Crippen LogP contribution in [0.5, 0.6) is 0 Å². The molecule has 0 aliphatic heterocycles. The maximum Gasteiger partial charge on any atom is 0.234 e. The Morgan fingerprint density at radius 2 is 2.26 bits per heavy atom. The molecule has 0 bridgehead atoms. The molecule has 0 fully saturated rings. The number of aromatic nitrogens is 3. The summed E-state index contributed by atoms with van der Waals surface area (Å²) in [6.07, 6.45) is 5.22. The van der Waals surface area contributed by atoms with Crippen LogP contribution in [0.2, 0.25) is 10.0 Å². The number of amides is 1. The number of nitrogens with one attached hydrogen (secondary N) is 1. The Bertz CT molecular complexity index is 1120. The number of hydrogen-bond acceptors (Lipinski definition) is 5. The molecule has 0 saturated heterocycles. The van der Waals surface area contributed by atoms with Crippen molar-refractivity contribution in [2.45, 2.75) is 37.9 Å². The summed E-state index contributed by atoms with van der Waals surface area (Å²) in [5.74, 6) is 1.58. The van der Waals surface area contributed by atoms with Crippen LogP contribution < -0.4 is 5.32 Å². The second kappa shape index (κ2) is 9.77. The van der Waals surface area contributed by atoms with Gasteiger partial charge in [0.05, 0.1) is 16.5 Å². The van der Waals surface area contributed by atoms with Crippen LogP contribution in [-0.2, 0) is 24.2 Å². The summed E-state index contributed by atoms with van der Waals surface area (Å²) < 4.78 is 2.03. The number of nitrogens with zero attached hydrogens (tertiary/aromatic N) is 3. The van der Waals surface area contributed by atoms with Crippen LogP contribution in [0.25, 0.3) is 11.4 Å². The summed E-state index contributed by atoms with van der Waals surface area (Å²) in [7, 11) is 0. The van der Waals surface area contributed by atoms with Gasteiger partial charge in [0.15, 0.2) is 11.0 Å². The molecule has 31 heavy (non-hydrogen) atoms.